The summed E-state index contributed by atoms with van der Waals surface area (Å²) in [5.41, 5.74) is 2.28. The van der Waals surface area contributed by atoms with Crippen LogP contribution in [0.5, 0.6) is 5.75 Å². The molecule has 0 saturated heterocycles. The van der Waals surface area contributed by atoms with Crippen molar-refractivity contribution in [2.75, 3.05) is 7.11 Å². The number of hydrogen-bond acceptors (Lipinski definition) is 3. The maximum Gasteiger partial charge on any atom is 0.119 e. The van der Waals surface area contributed by atoms with E-state index in [0.717, 1.165) is 24.4 Å². The molecule has 0 N–H and O–H groups in total. The van der Waals surface area contributed by atoms with Gasteiger partial charge in [-0.1, -0.05) is 82.1 Å². The van der Waals surface area contributed by atoms with E-state index in [9.17, 15) is 0 Å². The van der Waals surface area contributed by atoms with E-state index >= 15 is 0 Å². The molecule has 144 valence electrons. The van der Waals surface area contributed by atoms with Crippen molar-refractivity contribution in [2.45, 2.75) is 84.1 Å². The Hall–Kier alpha value is -1.84. The number of ether oxygens (including phenoxy) is 1. The van der Waals surface area contributed by atoms with Crippen LogP contribution in [-0.4, -0.2) is 22.1 Å². The molecule has 0 aliphatic heterocycles. The second-order valence-electron chi connectivity index (χ2n) is 7.19. The summed E-state index contributed by atoms with van der Waals surface area (Å²) < 4.78 is 7.19. The lowest BCUT2D eigenvalue weighted by molar-refractivity contribution is 0.414. The standard InChI is InChI=1S/C22H35N3O/c1-3-4-5-6-7-8-9-10-11-12-15-21-19-25(24-23-21)18-20-14-13-16-22(17-20)26-2/h13-14,16-17,19H,3-12,15,18H2,1-2H3. The number of methoxy groups -OCH3 is 1. The van der Waals surface area contributed by atoms with Gasteiger partial charge in [0.1, 0.15) is 5.75 Å². The van der Waals surface area contributed by atoms with Gasteiger partial charge in [-0.15, -0.1) is 5.10 Å². The first kappa shape index (κ1) is 20.5. The lowest BCUT2D eigenvalue weighted by atomic mass is 10.1. The highest BCUT2D eigenvalue weighted by Gasteiger charge is 2.03. The Morgan fingerprint density at radius 2 is 1.62 bits per heavy atom. The van der Waals surface area contributed by atoms with Crippen molar-refractivity contribution in [1.82, 2.24) is 15.0 Å². The normalized spacial score (nSPS) is 11.0. The van der Waals surface area contributed by atoms with Crippen LogP contribution in [0.15, 0.2) is 30.5 Å². The molecule has 1 heterocycles. The summed E-state index contributed by atoms with van der Waals surface area (Å²) in [4.78, 5) is 0. The van der Waals surface area contributed by atoms with Crippen molar-refractivity contribution in [3.05, 3.63) is 41.7 Å². The van der Waals surface area contributed by atoms with Crippen LogP contribution in [0, 0.1) is 0 Å². The fraction of sp³-hybridized carbons (Fsp3) is 0.636. The summed E-state index contributed by atoms with van der Waals surface area (Å²) in [5.74, 6) is 0.883. The number of aromatic nitrogens is 3. The van der Waals surface area contributed by atoms with Crippen LogP contribution in [0.3, 0.4) is 0 Å². The Labute approximate surface area is 159 Å². The first-order valence-corrected chi connectivity index (χ1v) is 10.3. The van der Waals surface area contributed by atoms with Crippen LogP contribution in [0.4, 0.5) is 0 Å². The number of hydrogen-bond donors (Lipinski definition) is 0. The molecular formula is C22H35N3O. The van der Waals surface area contributed by atoms with Crippen molar-refractivity contribution < 1.29 is 4.74 Å². The van der Waals surface area contributed by atoms with E-state index in [1.165, 1.54) is 69.8 Å². The van der Waals surface area contributed by atoms with Gasteiger partial charge in [-0.2, -0.15) is 0 Å². The molecule has 0 aliphatic carbocycles. The van der Waals surface area contributed by atoms with Crippen LogP contribution in [0.2, 0.25) is 0 Å². The van der Waals surface area contributed by atoms with E-state index < -0.39 is 0 Å². The average Bonchev–Trinajstić information content (AvgIpc) is 3.10. The molecule has 2 rings (SSSR count). The van der Waals surface area contributed by atoms with Gasteiger partial charge in [-0.25, -0.2) is 4.68 Å². The Morgan fingerprint density at radius 3 is 2.31 bits per heavy atom. The van der Waals surface area contributed by atoms with E-state index in [4.69, 9.17) is 4.74 Å². The minimum Gasteiger partial charge on any atom is -0.497 e. The fourth-order valence-corrected chi connectivity index (χ4v) is 3.28. The molecule has 2 aromatic rings. The predicted molar refractivity (Wildman–Crippen MR) is 108 cm³/mol. The summed E-state index contributed by atoms with van der Waals surface area (Å²) in [5, 5.41) is 8.57. The molecule has 0 radical (unpaired) electrons. The summed E-state index contributed by atoms with van der Waals surface area (Å²) in [6, 6.07) is 8.10. The zero-order chi connectivity index (χ0) is 18.5. The van der Waals surface area contributed by atoms with Crippen LogP contribution in [0.25, 0.3) is 0 Å². The summed E-state index contributed by atoms with van der Waals surface area (Å²) in [6.07, 6.45) is 16.8. The predicted octanol–water partition coefficient (Wildman–Crippen LogP) is 5.80. The number of benzene rings is 1. The lowest BCUT2D eigenvalue weighted by Crippen LogP contribution is -2.00. The number of rotatable bonds is 14. The summed E-state index contributed by atoms with van der Waals surface area (Å²) in [6.45, 7) is 3.01. The van der Waals surface area contributed by atoms with Gasteiger partial charge >= 0.3 is 0 Å². The van der Waals surface area contributed by atoms with E-state index in [1.54, 1.807) is 7.11 Å². The molecule has 4 nitrogen and oxygen atoms in total. The molecule has 0 bridgehead atoms. The number of unbranched alkanes of at least 4 members (excludes halogenated alkanes) is 9. The van der Waals surface area contributed by atoms with Crippen molar-refractivity contribution in [3.63, 3.8) is 0 Å². The lowest BCUT2D eigenvalue weighted by Gasteiger charge is -2.04. The molecule has 1 aromatic heterocycles. The average molecular weight is 358 g/mol. The van der Waals surface area contributed by atoms with Gasteiger partial charge < -0.3 is 4.74 Å². The molecule has 1 aromatic carbocycles. The monoisotopic (exact) mass is 357 g/mol. The largest absolute Gasteiger partial charge is 0.497 e. The Bertz CT molecular complexity index is 609. The first-order valence-electron chi connectivity index (χ1n) is 10.3. The highest BCUT2D eigenvalue weighted by molar-refractivity contribution is 5.28. The van der Waals surface area contributed by atoms with Gasteiger partial charge in [0.15, 0.2) is 0 Å². The molecule has 0 unspecified atom stereocenters. The Kier molecular flexibility index (Phi) is 9.84. The van der Waals surface area contributed by atoms with Gasteiger partial charge in [-0.05, 0) is 30.5 Å². The van der Waals surface area contributed by atoms with Gasteiger partial charge in [-0.3, -0.25) is 0 Å². The summed E-state index contributed by atoms with van der Waals surface area (Å²) >= 11 is 0. The molecule has 0 spiro atoms. The summed E-state index contributed by atoms with van der Waals surface area (Å²) in [7, 11) is 1.69. The van der Waals surface area contributed by atoms with Gasteiger partial charge in [0.2, 0.25) is 0 Å². The minimum atomic E-state index is 0.738. The molecule has 0 atom stereocenters. The maximum absolute atomic E-state index is 5.27. The van der Waals surface area contributed by atoms with Crippen molar-refractivity contribution >= 4 is 0 Å². The zero-order valence-corrected chi connectivity index (χ0v) is 16.6. The molecule has 0 saturated carbocycles. The van der Waals surface area contributed by atoms with E-state index in [0.29, 0.717) is 0 Å². The van der Waals surface area contributed by atoms with Gasteiger partial charge in [0, 0.05) is 6.20 Å². The van der Waals surface area contributed by atoms with Crippen LogP contribution >= 0.6 is 0 Å². The van der Waals surface area contributed by atoms with E-state index in [-0.39, 0.29) is 0 Å². The maximum atomic E-state index is 5.27. The van der Waals surface area contributed by atoms with Crippen molar-refractivity contribution in [3.8, 4) is 5.75 Å². The SMILES string of the molecule is CCCCCCCCCCCCc1cn(Cc2cccc(OC)c2)nn1. The minimum absolute atomic E-state index is 0.738. The first-order chi connectivity index (χ1) is 12.8. The third-order valence-corrected chi connectivity index (χ3v) is 4.85. The second-order valence-corrected chi connectivity index (χ2v) is 7.19. The van der Waals surface area contributed by atoms with Crippen LogP contribution < -0.4 is 4.74 Å². The third-order valence-electron chi connectivity index (χ3n) is 4.85. The van der Waals surface area contributed by atoms with Gasteiger partial charge in [0.05, 0.1) is 19.3 Å². The molecule has 26 heavy (non-hydrogen) atoms. The van der Waals surface area contributed by atoms with Crippen LogP contribution in [0.1, 0.15) is 82.4 Å². The molecule has 0 amide bonds. The van der Waals surface area contributed by atoms with Gasteiger partial charge in [0.25, 0.3) is 0 Å². The fourth-order valence-electron chi connectivity index (χ4n) is 3.28. The van der Waals surface area contributed by atoms with Crippen LogP contribution in [-0.2, 0) is 13.0 Å². The molecular weight excluding hydrogens is 322 g/mol. The molecule has 4 heteroatoms. The van der Waals surface area contributed by atoms with Crippen molar-refractivity contribution in [2.24, 2.45) is 0 Å². The highest BCUT2D eigenvalue weighted by atomic mass is 16.5. The smallest absolute Gasteiger partial charge is 0.119 e. The zero-order valence-electron chi connectivity index (χ0n) is 16.6. The third kappa shape index (κ3) is 8.03. The van der Waals surface area contributed by atoms with E-state index in [1.807, 2.05) is 22.9 Å². The molecule has 0 aliphatic rings. The number of aryl methyl sites for hydroxylation is 1. The Balaban J connectivity index is 1.57. The quantitative estimate of drug-likeness (QED) is 0.401. The number of nitrogens with zero attached hydrogens (tertiary/aromatic N) is 3. The Morgan fingerprint density at radius 1 is 0.923 bits per heavy atom. The topological polar surface area (TPSA) is 39.9 Å². The van der Waals surface area contributed by atoms with E-state index in [2.05, 4.69) is 29.5 Å². The highest BCUT2D eigenvalue weighted by Crippen LogP contribution is 2.14. The molecule has 0 fully saturated rings. The second kappa shape index (κ2) is 12.5. The van der Waals surface area contributed by atoms with Crippen molar-refractivity contribution in [1.29, 1.82) is 0 Å².